The lowest BCUT2D eigenvalue weighted by molar-refractivity contribution is 0.111. The van der Waals surface area contributed by atoms with Gasteiger partial charge >= 0.3 is 0 Å². The maximum absolute atomic E-state index is 13.1. The fourth-order valence-electron chi connectivity index (χ4n) is 5.93. The molecule has 138 valence electrons. The van der Waals surface area contributed by atoms with Gasteiger partial charge in [0.1, 0.15) is 0 Å². The van der Waals surface area contributed by atoms with E-state index < -0.39 is 10.0 Å². The van der Waals surface area contributed by atoms with Gasteiger partial charge in [-0.15, -0.1) is 0 Å². The van der Waals surface area contributed by atoms with Crippen LogP contribution in [0.15, 0.2) is 6.07 Å². The molecule has 3 aliphatic rings. The first kappa shape index (κ1) is 17.3. The van der Waals surface area contributed by atoms with Crippen LogP contribution in [0.2, 0.25) is 0 Å². The van der Waals surface area contributed by atoms with Crippen LogP contribution in [0.4, 0.5) is 0 Å². The number of aryl methyl sites for hydroxylation is 2. The molecular formula is C19H28N2O3S. The topological polar surface area (TPSA) is 59.5 Å². The Bertz CT molecular complexity index is 833. The molecule has 25 heavy (non-hydrogen) atoms. The summed E-state index contributed by atoms with van der Waals surface area (Å²) in [5.74, 6) is 1.49. The predicted octanol–water partition coefficient (Wildman–Crippen LogP) is 3.05. The van der Waals surface area contributed by atoms with Crippen LogP contribution in [0.5, 0.6) is 5.88 Å². The van der Waals surface area contributed by atoms with Crippen molar-refractivity contribution in [1.29, 1.82) is 0 Å². The molecule has 6 heteroatoms. The zero-order valence-corrected chi connectivity index (χ0v) is 16.6. The summed E-state index contributed by atoms with van der Waals surface area (Å²) in [5, 5.41) is 0. The van der Waals surface area contributed by atoms with Gasteiger partial charge in [0.05, 0.1) is 12.9 Å². The molecule has 3 atom stereocenters. The summed E-state index contributed by atoms with van der Waals surface area (Å²) < 4.78 is 33.4. The molecule has 2 bridgehead atoms. The minimum absolute atomic E-state index is 0.0875. The number of fused-ring (bicyclic) bond motifs is 1. The van der Waals surface area contributed by atoms with Gasteiger partial charge in [-0.05, 0) is 56.1 Å². The Hall–Kier alpha value is -1.14. The monoisotopic (exact) mass is 364 g/mol. The molecule has 1 saturated heterocycles. The van der Waals surface area contributed by atoms with Crippen molar-refractivity contribution < 1.29 is 13.2 Å². The molecule has 0 aromatic carbocycles. The molecule has 2 heterocycles. The van der Waals surface area contributed by atoms with Crippen molar-refractivity contribution in [2.24, 2.45) is 16.7 Å². The van der Waals surface area contributed by atoms with Crippen molar-refractivity contribution >= 4 is 10.0 Å². The van der Waals surface area contributed by atoms with Crippen molar-refractivity contribution in [1.82, 2.24) is 9.29 Å². The molecule has 0 radical (unpaired) electrons. The number of hydrogen-bond acceptors (Lipinski definition) is 4. The molecule has 1 aromatic rings. The number of aromatic nitrogens is 1. The molecule has 3 fully saturated rings. The summed E-state index contributed by atoms with van der Waals surface area (Å²) in [7, 11) is -1.66. The van der Waals surface area contributed by atoms with E-state index in [4.69, 9.17) is 4.74 Å². The van der Waals surface area contributed by atoms with Gasteiger partial charge in [-0.2, -0.15) is 4.31 Å². The lowest BCUT2D eigenvalue weighted by Crippen LogP contribution is -2.41. The highest BCUT2D eigenvalue weighted by atomic mass is 32.2. The lowest BCUT2D eigenvalue weighted by Gasteiger charge is -2.37. The van der Waals surface area contributed by atoms with Crippen LogP contribution in [0.25, 0.3) is 0 Å². The summed E-state index contributed by atoms with van der Waals surface area (Å²) in [6.07, 6.45) is 3.20. The fraction of sp³-hybridized carbons (Fsp3) is 0.737. The zero-order valence-electron chi connectivity index (χ0n) is 15.8. The van der Waals surface area contributed by atoms with E-state index >= 15 is 0 Å². The Labute approximate surface area is 150 Å². The van der Waals surface area contributed by atoms with Crippen LogP contribution < -0.4 is 4.74 Å². The van der Waals surface area contributed by atoms with E-state index in [1.54, 1.807) is 11.4 Å². The molecule has 0 N–H and O–H groups in total. The first-order valence-corrected chi connectivity index (χ1v) is 10.7. The van der Waals surface area contributed by atoms with E-state index in [1.165, 1.54) is 6.42 Å². The highest BCUT2D eigenvalue weighted by Gasteiger charge is 2.71. The minimum atomic E-state index is -3.26. The Morgan fingerprint density at radius 3 is 2.72 bits per heavy atom. The summed E-state index contributed by atoms with van der Waals surface area (Å²) >= 11 is 0. The second kappa shape index (κ2) is 5.19. The van der Waals surface area contributed by atoms with E-state index in [9.17, 15) is 8.42 Å². The van der Waals surface area contributed by atoms with Crippen molar-refractivity contribution in [2.75, 3.05) is 12.9 Å². The van der Waals surface area contributed by atoms with E-state index in [-0.39, 0.29) is 16.9 Å². The largest absolute Gasteiger partial charge is 0.481 e. The third-order valence-electron chi connectivity index (χ3n) is 7.48. The van der Waals surface area contributed by atoms with Gasteiger partial charge in [0, 0.05) is 29.3 Å². The standard InChI is InChI=1S/C19H28N2O3S/c1-12-8-13(2)20-17(24-5)15(12)10-21-16-9-14-6-7-19(16,18(14,3)4)11-25(21,22)23/h8,14,16H,6-7,9-11H2,1-5H3/t14-,16-,19-/m1/s1. The second-order valence-corrected chi connectivity index (χ2v) is 10.7. The van der Waals surface area contributed by atoms with Crippen molar-refractivity contribution in [3.05, 3.63) is 22.9 Å². The molecular weight excluding hydrogens is 336 g/mol. The van der Waals surface area contributed by atoms with E-state index in [0.29, 0.717) is 24.1 Å². The number of rotatable bonds is 3. The highest BCUT2D eigenvalue weighted by Crippen LogP contribution is 2.70. The smallest absolute Gasteiger partial charge is 0.218 e. The number of methoxy groups -OCH3 is 1. The van der Waals surface area contributed by atoms with Crippen molar-refractivity contribution in [3.8, 4) is 5.88 Å². The van der Waals surface area contributed by atoms with Crippen LogP contribution >= 0.6 is 0 Å². The van der Waals surface area contributed by atoms with Crippen LogP contribution in [0, 0.1) is 30.6 Å². The van der Waals surface area contributed by atoms with Crippen LogP contribution in [-0.4, -0.2) is 36.6 Å². The maximum Gasteiger partial charge on any atom is 0.218 e. The average Bonchev–Trinajstić information content (AvgIpc) is 2.98. The molecule has 0 unspecified atom stereocenters. The predicted molar refractivity (Wildman–Crippen MR) is 96.9 cm³/mol. The van der Waals surface area contributed by atoms with Gasteiger partial charge < -0.3 is 4.74 Å². The van der Waals surface area contributed by atoms with Crippen LogP contribution in [-0.2, 0) is 16.6 Å². The van der Waals surface area contributed by atoms with Crippen molar-refractivity contribution in [2.45, 2.75) is 59.5 Å². The number of pyridine rings is 1. The molecule has 2 aliphatic carbocycles. The van der Waals surface area contributed by atoms with Gasteiger partial charge in [-0.25, -0.2) is 13.4 Å². The SMILES string of the molecule is COc1nc(C)cc(C)c1CN1[C@@H]2C[C@H]3CC[C@]2(CS1(=O)=O)C3(C)C. The number of sulfonamides is 1. The van der Waals surface area contributed by atoms with Gasteiger partial charge in [0.15, 0.2) is 0 Å². The Morgan fingerprint density at radius 2 is 2.08 bits per heavy atom. The first-order valence-electron chi connectivity index (χ1n) is 9.13. The Balaban J connectivity index is 1.76. The second-order valence-electron chi connectivity index (χ2n) is 8.73. The van der Waals surface area contributed by atoms with Gasteiger partial charge in [-0.3, -0.25) is 0 Å². The zero-order chi connectivity index (χ0) is 18.2. The summed E-state index contributed by atoms with van der Waals surface area (Å²) in [5.41, 5.74) is 2.84. The number of ether oxygens (including phenoxy) is 1. The minimum Gasteiger partial charge on any atom is -0.481 e. The molecule has 1 aliphatic heterocycles. The molecule has 2 saturated carbocycles. The summed E-state index contributed by atoms with van der Waals surface area (Å²) in [4.78, 5) is 4.46. The van der Waals surface area contributed by atoms with E-state index in [2.05, 4.69) is 18.8 Å². The average molecular weight is 365 g/mol. The Kier molecular flexibility index (Phi) is 3.59. The van der Waals surface area contributed by atoms with Gasteiger partial charge in [0.2, 0.25) is 15.9 Å². The maximum atomic E-state index is 13.1. The van der Waals surface area contributed by atoms with E-state index in [1.807, 2.05) is 19.9 Å². The molecule has 5 nitrogen and oxygen atoms in total. The Morgan fingerprint density at radius 1 is 1.36 bits per heavy atom. The van der Waals surface area contributed by atoms with Gasteiger partial charge in [-0.1, -0.05) is 13.8 Å². The van der Waals surface area contributed by atoms with Gasteiger partial charge in [0.25, 0.3) is 0 Å². The molecule has 1 spiro atoms. The normalized spacial score (nSPS) is 35.1. The van der Waals surface area contributed by atoms with Crippen LogP contribution in [0.3, 0.4) is 0 Å². The van der Waals surface area contributed by atoms with Crippen LogP contribution in [0.1, 0.15) is 49.9 Å². The lowest BCUT2D eigenvalue weighted by atomic mass is 9.69. The molecule has 4 rings (SSSR count). The van der Waals surface area contributed by atoms with E-state index in [0.717, 1.165) is 29.7 Å². The fourth-order valence-corrected chi connectivity index (χ4v) is 8.46. The quantitative estimate of drug-likeness (QED) is 0.827. The number of nitrogens with zero attached hydrogens (tertiary/aromatic N) is 2. The van der Waals surface area contributed by atoms with Crippen molar-refractivity contribution in [3.63, 3.8) is 0 Å². The number of hydrogen-bond donors (Lipinski definition) is 0. The summed E-state index contributed by atoms with van der Waals surface area (Å²) in [6, 6.07) is 2.12. The summed E-state index contributed by atoms with van der Waals surface area (Å²) in [6.45, 7) is 8.88. The molecule has 1 aromatic heterocycles. The third kappa shape index (κ3) is 2.16. The first-order chi connectivity index (χ1) is 11.6. The molecule has 0 amide bonds. The highest BCUT2D eigenvalue weighted by molar-refractivity contribution is 7.89. The third-order valence-corrected chi connectivity index (χ3v) is 9.46.